The summed E-state index contributed by atoms with van der Waals surface area (Å²) in [6.07, 6.45) is 0. The zero-order chi connectivity index (χ0) is 23.2. The molecule has 4 rings (SSSR count). The molecule has 4 aromatic rings. The molecule has 168 valence electrons. The van der Waals surface area contributed by atoms with Gasteiger partial charge in [0, 0.05) is 0 Å². The van der Waals surface area contributed by atoms with E-state index >= 15 is 0 Å². The van der Waals surface area contributed by atoms with Crippen molar-refractivity contribution in [1.29, 1.82) is 0 Å². The smallest absolute Gasteiger partial charge is 0.141 e. The van der Waals surface area contributed by atoms with Crippen LogP contribution in [0.25, 0.3) is 0 Å². The van der Waals surface area contributed by atoms with E-state index in [1.54, 1.807) is 14.2 Å². The molecule has 0 spiro atoms. The second-order valence-corrected chi connectivity index (χ2v) is 8.64. The predicted molar refractivity (Wildman–Crippen MR) is 133 cm³/mol. The second-order valence-electron chi connectivity index (χ2n) is 7.56. The highest BCUT2D eigenvalue weighted by molar-refractivity contribution is 7.99. The molecule has 33 heavy (non-hydrogen) atoms. The van der Waals surface area contributed by atoms with Crippen molar-refractivity contribution in [2.45, 2.75) is 23.6 Å². The van der Waals surface area contributed by atoms with Crippen molar-refractivity contribution in [1.82, 2.24) is 0 Å². The van der Waals surface area contributed by atoms with Gasteiger partial charge in [-0.2, -0.15) is 0 Å². The molecule has 0 aliphatic heterocycles. The Morgan fingerprint density at radius 1 is 0.485 bits per heavy atom. The Hall–Kier alpha value is -3.57. The van der Waals surface area contributed by atoms with Crippen LogP contribution in [0.3, 0.4) is 0 Å². The minimum atomic E-state index is 0.730. The van der Waals surface area contributed by atoms with Crippen molar-refractivity contribution in [3.8, 4) is 34.5 Å². The van der Waals surface area contributed by atoms with Gasteiger partial charge in [0.25, 0.3) is 0 Å². The third kappa shape index (κ3) is 5.82. The van der Waals surface area contributed by atoms with Crippen molar-refractivity contribution in [3.63, 3.8) is 0 Å². The third-order valence-corrected chi connectivity index (χ3v) is 6.10. The number of ether oxygens (including phenoxy) is 4. The first kappa shape index (κ1) is 22.6. The Bertz CT molecular complexity index is 1120. The SMILES string of the molecule is COc1ccc(Oc2ccc(C)cc2)c(Sc2cc(OC)ccc2Oc2ccc(C)cc2)c1. The van der Waals surface area contributed by atoms with Crippen LogP contribution in [0.2, 0.25) is 0 Å². The molecule has 0 aliphatic carbocycles. The molecule has 0 radical (unpaired) electrons. The van der Waals surface area contributed by atoms with Crippen LogP contribution < -0.4 is 18.9 Å². The molecular formula is C28H26O4S. The summed E-state index contributed by atoms with van der Waals surface area (Å²) in [4.78, 5) is 1.80. The molecule has 0 saturated heterocycles. The zero-order valence-electron chi connectivity index (χ0n) is 19.1. The fraction of sp³-hybridized carbons (Fsp3) is 0.143. The number of aryl methyl sites for hydroxylation is 2. The van der Waals surface area contributed by atoms with E-state index in [1.807, 2.05) is 84.9 Å². The topological polar surface area (TPSA) is 36.9 Å². The maximum atomic E-state index is 6.22. The van der Waals surface area contributed by atoms with Crippen molar-refractivity contribution in [2.75, 3.05) is 14.2 Å². The lowest BCUT2D eigenvalue weighted by Gasteiger charge is -2.16. The predicted octanol–water partition coefficient (Wildman–Crippen LogP) is 8.06. The van der Waals surface area contributed by atoms with Gasteiger partial charge in [0.1, 0.15) is 34.5 Å². The van der Waals surface area contributed by atoms with Gasteiger partial charge in [-0.3, -0.25) is 0 Å². The van der Waals surface area contributed by atoms with Crippen LogP contribution >= 0.6 is 11.8 Å². The molecule has 0 aromatic heterocycles. The van der Waals surface area contributed by atoms with E-state index in [0.717, 1.165) is 44.3 Å². The van der Waals surface area contributed by atoms with Gasteiger partial charge in [-0.15, -0.1) is 0 Å². The van der Waals surface area contributed by atoms with Crippen LogP contribution in [-0.4, -0.2) is 14.2 Å². The number of benzene rings is 4. The van der Waals surface area contributed by atoms with Gasteiger partial charge in [0.05, 0.1) is 24.0 Å². The molecule has 0 atom stereocenters. The normalized spacial score (nSPS) is 10.5. The molecule has 0 bridgehead atoms. The average Bonchev–Trinajstić information content (AvgIpc) is 2.84. The quantitative estimate of drug-likeness (QED) is 0.267. The van der Waals surface area contributed by atoms with Gasteiger partial charge in [0.15, 0.2) is 0 Å². The largest absolute Gasteiger partial charge is 0.497 e. The maximum absolute atomic E-state index is 6.22. The van der Waals surface area contributed by atoms with Crippen LogP contribution in [0.5, 0.6) is 34.5 Å². The first-order valence-corrected chi connectivity index (χ1v) is 11.4. The molecule has 0 fully saturated rings. The van der Waals surface area contributed by atoms with E-state index in [1.165, 1.54) is 22.9 Å². The highest BCUT2D eigenvalue weighted by Gasteiger charge is 2.14. The minimum absolute atomic E-state index is 0.730. The second kappa shape index (κ2) is 10.4. The van der Waals surface area contributed by atoms with Gasteiger partial charge in [-0.1, -0.05) is 47.2 Å². The lowest BCUT2D eigenvalue weighted by Crippen LogP contribution is -1.92. The Balaban J connectivity index is 1.69. The summed E-state index contributed by atoms with van der Waals surface area (Å²) in [6, 6.07) is 27.5. The minimum Gasteiger partial charge on any atom is -0.497 e. The van der Waals surface area contributed by atoms with Crippen molar-refractivity contribution < 1.29 is 18.9 Å². The highest BCUT2D eigenvalue weighted by atomic mass is 32.2. The van der Waals surface area contributed by atoms with Crippen molar-refractivity contribution >= 4 is 11.8 Å². The van der Waals surface area contributed by atoms with Crippen LogP contribution in [0, 0.1) is 13.8 Å². The van der Waals surface area contributed by atoms with Gasteiger partial charge in [-0.25, -0.2) is 0 Å². The number of hydrogen-bond donors (Lipinski definition) is 0. The molecule has 5 heteroatoms. The Labute approximate surface area is 199 Å². The van der Waals surface area contributed by atoms with E-state index in [-0.39, 0.29) is 0 Å². The first-order chi connectivity index (χ1) is 16.0. The Morgan fingerprint density at radius 2 is 0.848 bits per heavy atom. The van der Waals surface area contributed by atoms with Crippen LogP contribution in [0.15, 0.2) is 94.7 Å². The summed E-state index contributed by atoms with van der Waals surface area (Å²) in [5.74, 6) is 4.50. The van der Waals surface area contributed by atoms with Crippen molar-refractivity contribution in [3.05, 3.63) is 96.1 Å². The summed E-state index contributed by atoms with van der Waals surface area (Å²) >= 11 is 1.53. The fourth-order valence-electron chi connectivity index (χ4n) is 3.14. The average molecular weight is 459 g/mol. The third-order valence-electron chi connectivity index (χ3n) is 5.02. The lowest BCUT2D eigenvalue weighted by molar-refractivity contribution is 0.409. The summed E-state index contributed by atoms with van der Waals surface area (Å²) in [5, 5.41) is 0. The van der Waals surface area contributed by atoms with Crippen LogP contribution in [0.1, 0.15) is 11.1 Å². The zero-order valence-corrected chi connectivity index (χ0v) is 19.9. The summed E-state index contributed by atoms with van der Waals surface area (Å²) in [5.41, 5.74) is 2.36. The molecule has 0 saturated carbocycles. The Kier molecular flexibility index (Phi) is 7.10. The molecule has 0 heterocycles. The number of hydrogen-bond acceptors (Lipinski definition) is 5. The van der Waals surface area contributed by atoms with E-state index in [0.29, 0.717) is 0 Å². The van der Waals surface area contributed by atoms with Gasteiger partial charge < -0.3 is 18.9 Å². The van der Waals surface area contributed by atoms with Gasteiger partial charge in [0.2, 0.25) is 0 Å². The van der Waals surface area contributed by atoms with E-state index in [9.17, 15) is 0 Å². The Morgan fingerprint density at radius 3 is 1.21 bits per heavy atom. The lowest BCUT2D eigenvalue weighted by atomic mass is 10.2. The molecule has 0 unspecified atom stereocenters. The van der Waals surface area contributed by atoms with E-state index < -0.39 is 0 Å². The molecule has 4 aromatic carbocycles. The summed E-state index contributed by atoms with van der Waals surface area (Å²) in [7, 11) is 3.31. The standard InChI is InChI=1S/C28H26O4S/c1-19-5-9-21(10-6-19)31-25-15-13-23(29-3)17-27(25)33-28-18-24(30-4)14-16-26(28)32-22-11-7-20(2)8-12-22/h5-18H,1-4H3. The van der Waals surface area contributed by atoms with Crippen molar-refractivity contribution in [2.24, 2.45) is 0 Å². The van der Waals surface area contributed by atoms with Crippen LogP contribution in [0.4, 0.5) is 0 Å². The number of methoxy groups -OCH3 is 2. The van der Waals surface area contributed by atoms with E-state index in [2.05, 4.69) is 13.8 Å². The maximum Gasteiger partial charge on any atom is 0.141 e. The van der Waals surface area contributed by atoms with Crippen LogP contribution in [-0.2, 0) is 0 Å². The molecule has 4 nitrogen and oxygen atoms in total. The molecular weight excluding hydrogens is 432 g/mol. The first-order valence-electron chi connectivity index (χ1n) is 10.6. The highest BCUT2D eigenvalue weighted by Crippen LogP contribution is 2.44. The monoisotopic (exact) mass is 458 g/mol. The molecule has 0 aliphatic rings. The molecule has 0 amide bonds. The van der Waals surface area contributed by atoms with Gasteiger partial charge in [-0.05, 0) is 74.5 Å². The van der Waals surface area contributed by atoms with E-state index in [4.69, 9.17) is 18.9 Å². The molecule has 0 N–H and O–H groups in total. The summed E-state index contributed by atoms with van der Waals surface area (Å²) in [6.45, 7) is 4.10. The summed E-state index contributed by atoms with van der Waals surface area (Å²) < 4.78 is 23.4. The van der Waals surface area contributed by atoms with Gasteiger partial charge >= 0.3 is 0 Å². The number of rotatable bonds is 8. The fourth-order valence-corrected chi connectivity index (χ4v) is 4.15.